The van der Waals surface area contributed by atoms with Crippen molar-refractivity contribution in [2.75, 3.05) is 5.32 Å². The van der Waals surface area contributed by atoms with Gasteiger partial charge in [-0.3, -0.25) is 4.68 Å². The average Bonchev–Trinajstić information content (AvgIpc) is 3.02. The van der Waals surface area contributed by atoms with Gasteiger partial charge in [0.2, 0.25) is 0 Å². The van der Waals surface area contributed by atoms with Gasteiger partial charge in [0.1, 0.15) is 0 Å². The lowest BCUT2D eigenvalue weighted by Gasteiger charge is -2.24. The topological polar surface area (TPSA) is 55.6 Å². The Hall–Kier alpha value is -2.43. The standard InChI is InChI=1S/C15H19N5.C2H4/c1-10-8-11-12(9-10)20(4)19-13(11)18-15(2,3)14-16-6-5-7-17-14;1-2/h5-10H,1-4H3,(H,18,19);1-2H2. The van der Waals surface area contributed by atoms with Crippen molar-refractivity contribution in [2.24, 2.45) is 13.0 Å². The van der Waals surface area contributed by atoms with Crippen LogP contribution < -0.4 is 15.9 Å². The van der Waals surface area contributed by atoms with Crippen LogP contribution >= 0.6 is 0 Å². The van der Waals surface area contributed by atoms with Crippen molar-refractivity contribution < 1.29 is 0 Å². The quantitative estimate of drug-likeness (QED) is 0.874. The molecule has 2 aromatic rings. The van der Waals surface area contributed by atoms with Crippen molar-refractivity contribution in [2.45, 2.75) is 26.3 Å². The molecule has 5 nitrogen and oxygen atoms in total. The van der Waals surface area contributed by atoms with Gasteiger partial charge in [-0.1, -0.05) is 19.1 Å². The zero-order chi connectivity index (χ0) is 16.3. The molecule has 0 bridgehead atoms. The summed E-state index contributed by atoms with van der Waals surface area (Å²) in [7, 11) is 1.97. The first kappa shape index (κ1) is 15.9. The highest BCUT2D eigenvalue weighted by Crippen LogP contribution is 2.19. The molecule has 5 heteroatoms. The van der Waals surface area contributed by atoms with Crippen LogP contribution in [0.5, 0.6) is 0 Å². The molecule has 0 amide bonds. The molecular formula is C17H23N5. The van der Waals surface area contributed by atoms with Gasteiger partial charge in [-0.25, -0.2) is 9.97 Å². The number of nitrogens with zero attached hydrogens (tertiary/aromatic N) is 4. The van der Waals surface area contributed by atoms with E-state index >= 15 is 0 Å². The molecule has 0 saturated carbocycles. The minimum absolute atomic E-state index is 0.372. The zero-order valence-corrected chi connectivity index (χ0v) is 13.7. The fourth-order valence-electron chi connectivity index (χ4n) is 2.54. The molecule has 1 aliphatic carbocycles. The Kier molecular flexibility index (Phi) is 4.45. The number of anilines is 1. The SMILES string of the molecule is C=C.CC1C=c2c(NC(C)(C)c3ncccn3)nn(C)c2=C1. The molecule has 0 fully saturated rings. The molecule has 2 aromatic heterocycles. The maximum atomic E-state index is 4.56. The summed E-state index contributed by atoms with van der Waals surface area (Å²) >= 11 is 0. The Morgan fingerprint density at radius 1 is 1.18 bits per heavy atom. The van der Waals surface area contributed by atoms with Gasteiger partial charge in [0.15, 0.2) is 11.6 Å². The van der Waals surface area contributed by atoms with Gasteiger partial charge < -0.3 is 5.32 Å². The third kappa shape index (κ3) is 2.93. The highest BCUT2D eigenvalue weighted by molar-refractivity contribution is 5.56. The third-order valence-corrected chi connectivity index (χ3v) is 3.54. The lowest BCUT2D eigenvalue weighted by atomic mass is 10.0. The number of aryl methyl sites for hydroxylation is 1. The first-order chi connectivity index (χ1) is 10.5. The Morgan fingerprint density at radius 3 is 2.45 bits per heavy atom. The van der Waals surface area contributed by atoms with Crippen LogP contribution in [-0.4, -0.2) is 19.7 Å². The Balaban J connectivity index is 0.000000847. The average molecular weight is 297 g/mol. The predicted molar refractivity (Wildman–Crippen MR) is 90.5 cm³/mol. The van der Waals surface area contributed by atoms with E-state index in [1.807, 2.05) is 17.8 Å². The minimum atomic E-state index is -0.372. The molecule has 116 valence electrons. The summed E-state index contributed by atoms with van der Waals surface area (Å²) in [6.45, 7) is 12.3. The smallest absolute Gasteiger partial charge is 0.156 e. The molecule has 0 aromatic carbocycles. The first-order valence-electron chi connectivity index (χ1n) is 7.30. The van der Waals surface area contributed by atoms with Crippen molar-refractivity contribution in [3.8, 4) is 0 Å². The van der Waals surface area contributed by atoms with Crippen molar-refractivity contribution in [3.63, 3.8) is 0 Å². The van der Waals surface area contributed by atoms with Crippen LogP contribution in [0.4, 0.5) is 5.82 Å². The lowest BCUT2D eigenvalue weighted by Crippen LogP contribution is -2.34. The Labute approximate surface area is 131 Å². The highest BCUT2D eigenvalue weighted by atomic mass is 15.3. The monoisotopic (exact) mass is 297 g/mol. The maximum absolute atomic E-state index is 4.56. The van der Waals surface area contributed by atoms with E-state index in [1.165, 1.54) is 10.6 Å². The number of hydrogen-bond acceptors (Lipinski definition) is 4. The van der Waals surface area contributed by atoms with E-state index in [9.17, 15) is 0 Å². The van der Waals surface area contributed by atoms with Crippen molar-refractivity contribution in [1.82, 2.24) is 19.7 Å². The normalized spacial score (nSPS) is 15.9. The van der Waals surface area contributed by atoms with E-state index in [2.05, 4.69) is 66.5 Å². The fraction of sp³-hybridized carbons (Fsp3) is 0.353. The molecule has 0 radical (unpaired) electrons. The Bertz CT molecular complexity index is 758. The molecule has 1 aliphatic rings. The van der Waals surface area contributed by atoms with Gasteiger partial charge in [-0.05, 0) is 25.8 Å². The zero-order valence-electron chi connectivity index (χ0n) is 13.7. The van der Waals surface area contributed by atoms with E-state index in [4.69, 9.17) is 0 Å². The van der Waals surface area contributed by atoms with Crippen LogP contribution in [0, 0.1) is 5.92 Å². The second kappa shape index (κ2) is 6.13. The molecule has 0 aliphatic heterocycles. The number of nitrogens with one attached hydrogen (secondary N) is 1. The summed E-state index contributed by atoms with van der Waals surface area (Å²) in [5.41, 5.74) is -0.372. The van der Waals surface area contributed by atoms with Crippen molar-refractivity contribution >= 4 is 18.0 Å². The molecule has 1 unspecified atom stereocenters. The van der Waals surface area contributed by atoms with E-state index in [-0.39, 0.29) is 5.54 Å². The van der Waals surface area contributed by atoms with Crippen LogP contribution in [-0.2, 0) is 12.6 Å². The minimum Gasteiger partial charge on any atom is -0.356 e. The summed E-state index contributed by atoms with van der Waals surface area (Å²) in [6.07, 6.45) is 7.97. The van der Waals surface area contributed by atoms with Crippen LogP contribution in [0.1, 0.15) is 26.6 Å². The van der Waals surface area contributed by atoms with Gasteiger partial charge in [0, 0.05) is 24.7 Å². The van der Waals surface area contributed by atoms with Crippen LogP contribution in [0.15, 0.2) is 31.6 Å². The van der Waals surface area contributed by atoms with Crippen LogP contribution in [0.25, 0.3) is 12.2 Å². The second-order valence-electron chi connectivity index (χ2n) is 5.79. The number of rotatable bonds is 3. The third-order valence-electron chi connectivity index (χ3n) is 3.54. The molecule has 1 atom stereocenters. The second-order valence-corrected chi connectivity index (χ2v) is 5.79. The largest absolute Gasteiger partial charge is 0.356 e. The van der Waals surface area contributed by atoms with E-state index in [0.717, 1.165) is 11.6 Å². The molecule has 3 rings (SSSR count). The summed E-state index contributed by atoms with van der Waals surface area (Å²) in [5, 5.41) is 10.4. The van der Waals surface area contributed by atoms with Crippen molar-refractivity contribution in [1.29, 1.82) is 0 Å². The summed E-state index contributed by atoms with van der Waals surface area (Å²) in [4.78, 5) is 8.67. The van der Waals surface area contributed by atoms with Crippen LogP contribution in [0.3, 0.4) is 0 Å². The molecule has 22 heavy (non-hydrogen) atoms. The predicted octanol–water partition coefficient (Wildman–Crippen LogP) is 1.57. The number of hydrogen-bond donors (Lipinski definition) is 1. The van der Waals surface area contributed by atoms with Crippen molar-refractivity contribution in [3.05, 3.63) is 48.0 Å². The molecule has 1 N–H and O–H groups in total. The maximum Gasteiger partial charge on any atom is 0.156 e. The summed E-state index contributed by atoms with van der Waals surface area (Å²) in [5.74, 6) is 2.10. The van der Waals surface area contributed by atoms with E-state index in [0.29, 0.717) is 5.92 Å². The number of aromatic nitrogens is 4. The van der Waals surface area contributed by atoms with E-state index < -0.39 is 0 Å². The van der Waals surface area contributed by atoms with Crippen LogP contribution in [0.2, 0.25) is 0 Å². The molecule has 2 heterocycles. The van der Waals surface area contributed by atoms with Gasteiger partial charge in [0.25, 0.3) is 0 Å². The summed E-state index contributed by atoms with van der Waals surface area (Å²) < 4.78 is 1.92. The fourth-order valence-corrected chi connectivity index (χ4v) is 2.54. The first-order valence-corrected chi connectivity index (χ1v) is 7.30. The number of fused-ring (bicyclic) bond motifs is 1. The lowest BCUT2D eigenvalue weighted by molar-refractivity contribution is 0.557. The molecule has 0 spiro atoms. The van der Waals surface area contributed by atoms with Gasteiger partial charge >= 0.3 is 0 Å². The molecular weight excluding hydrogens is 274 g/mol. The van der Waals surface area contributed by atoms with Gasteiger partial charge in [-0.2, -0.15) is 5.10 Å². The van der Waals surface area contributed by atoms with Gasteiger partial charge in [0.05, 0.1) is 10.9 Å². The van der Waals surface area contributed by atoms with Gasteiger partial charge in [-0.15, -0.1) is 13.2 Å². The highest BCUT2D eigenvalue weighted by Gasteiger charge is 2.25. The summed E-state index contributed by atoms with van der Waals surface area (Å²) in [6, 6.07) is 1.82. The molecule has 0 saturated heterocycles. The Morgan fingerprint density at radius 2 is 1.82 bits per heavy atom. The van der Waals surface area contributed by atoms with E-state index in [1.54, 1.807) is 12.4 Å².